The molecule has 214 valence electrons. The van der Waals surface area contributed by atoms with Gasteiger partial charge in [-0.3, -0.25) is 4.79 Å². The van der Waals surface area contributed by atoms with Crippen LogP contribution in [-0.4, -0.2) is 29.9 Å². The number of nitrogens with zero attached hydrogens (tertiary/aromatic N) is 2. The molecule has 12 heteroatoms. The van der Waals surface area contributed by atoms with E-state index in [-0.39, 0.29) is 5.56 Å². The Morgan fingerprint density at radius 1 is 1.13 bits per heavy atom. The van der Waals surface area contributed by atoms with Gasteiger partial charge in [0, 0.05) is 38.8 Å². The summed E-state index contributed by atoms with van der Waals surface area (Å²) in [6, 6.07) is 11.1. The molecular formula is C27H35Cl2FN3O4PS. The number of carbonyl (C=O) groups is 1. The molecule has 1 amide bonds. The molecule has 0 radical (unpaired) electrons. The molecule has 7 nitrogen and oxygen atoms in total. The number of anilines is 1. The van der Waals surface area contributed by atoms with Crippen LogP contribution in [0, 0.1) is 25.7 Å². The standard InChI is InChI=1S/C18H24FN3O.C9H11Cl2O3PS/c1-11(2)10-12(3)14-8-6-7-9-15(14)20-18(23)16-13(4)21-22(5)17(16)19;1-6-4-7(10)9(8(11)5-6)14-15(16,12-2)13-3/h6-9,11-12H,10H2,1-5H3,(H,20,23);4-5H,1-3H3. The van der Waals surface area contributed by atoms with E-state index in [2.05, 4.69) is 31.2 Å². The van der Waals surface area contributed by atoms with Gasteiger partial charge in [-0.1, -0.05) is 62.2 Å². The average molecular weight is 619 g/mol. The highest BCUT2D eigenvalue weighted by atomic mass is 35.5. The van der Waals surface area contributed by atoms with Crippen molar-refractivity contribution in [2.75, 3.05) is 19.5 Å². The van der Waals surface area contributed by atoms with E-state index in [1.165, 1.54) is 21.3 Å². The second-order valence-electron chi connectivity index (χ2n) is 9.41. The first-order valence-corrected chi connectivity index (χ1v) is 15.5. The van der Waals surface area contributed by atoms with Crippen molar-refractivity contribution in [2.45, 2.75) is 47.0 Å². The summed E-state index contributed by atoms with van der Waals surface area (Å²) in [7, 11) is 4.32. The first kappa shape index (κ1) is 33.2. The van der Waals surface area contributed by atoms with Crippen molar-refractivity contribution in [1.29, 1.82) is 0 Å². The van der Waals surface area contributed by atoms with Crippen LogP contribution < -0.4 is 9.84 Å². The molecular weight excluding hydrogens is 583 g/mol. The number of hydrogen-bond donors (Lipinski definition) is 1. The number of nitrogens with one attached hydrogen (secondary N) is 1. The molecule has 3 aromatic rings. The molecule has 2 aromatic carbocycles. The summed E-state index contributed by atoms with van der Waals surface area (Å²) in [5.74, 6) is 0.0871. The number of hydrogen-bond acceptors (Lipinski definition) is 6. The SMILES string of the molecule is COP(=S)(OC)Oc1c(Cl)cc(C)cc1Cl.Cc1nn(C)c(F)c1C(=O)Nc1ccccc1C(C)CC(C)C. The smallest absolute Gasteiger partial charge is 0.380 e. The van der Waals surface area contributed by atoms with Crippen LogP contribution in [0.25, 0.3) is 0 Å². The maximum absolute atomic E-state index is 14.0. The molecule has 39 heavy (non-hydrogen) atoms. The largest absolute Gasteiger partial charge is 0.421 e. The predicted octanol–water partition coefficient (Wildman–Crippen LogP) is 8.47. The molecule has 0 bridgehead atoms. The van der Waals surface area contributed by atoms with Crippen LogP contribution in [0.2, 0.25) is 10.0 Å². The Labute approximate surface area is 245 Å². The van der Waals surface area contributed by atoms with Crippen LogP contribution in [0.15, 0.2) is 36.4 Å². The molecule has 1 heterocycles. The number of halogens is 3. The van der Waals surface area contributed by atoms with Crippen molar-refractivity contribution in [3.05, 3.63) is 74.8 Å². The van der Waals surface area contributed by atoms with Crippen molar-refractivity contribution >= 4 is 53.3 Å². The van der Waals surface area contributed by atoms with Crippen molar-refractivity contribution in [1.82, 2.24) is 9.78 Å². The van der Waals surface area contributed by atoms with Crippen LogP contribution in [0.5, 0.6) is 5.75 Å². The van der Waals surface area contributed by atoms with Gasteiger partial charge in [-0.25, -0.2) is 4.68 Å². The van der Waals surface area contributed by atoms with Gasteiger partial charge >= 0.3 is 6.72 Å². The molecule has 1 unspecified atom stereocenters. The summed E-state index contributed by atoms with van der Waals surface area (Å²) in [5.41, 5.74) is 3.12. The fourth-order valence-electron chi connectivity index (χ4n) is 3.98. The van der Waals surface area contributed by atoms with E-state index >= 15 is 0 Å². The van der Waals surface area contributed by atoms with Crippen molar-refractivity contribution in [3.63, 3.8) is 0 Å². The molecule has 1 N–H and O–H groups in total. The number of rotatable bonds is 9. The van der Waals surface area contributed by atoms with E-state index in [0.29, 0.717) is 33.3 Å². The van der Waals surface area contributed by atoms with E-state index in [1.54, 1.807) is 19.1 Å². The predicted molar refractivity (Wildman–Crippen MR) is 160 cm³/mol. The minimum absolute atomic E-state index is 0.00110. The van der Waals surface area contributed by atoms with Gasteiger partial charge in [0.25, 0.3) is 5.91 Å². The summed E-state index contributed by atoms with van der Waals surface area (Å²) in [6.07, 6.45) is 1.02. The molecule has 1 atom stereocenters. The number of amides is 1. The summed E-state index contributed by atoms with van der Waals surface area (Å²) in [5, 5.41) is 7.56. The minimum atomic E-state index is -2.81. The van der Waals surface area contributed by atoms with Gasteiger partial charge < -0.3 is 18.9 Å². The first-order valence-electron chi connectivity index (χ1n) is 12.2. The van der Waals surface area contributed by atoms with E-state index in [4.69, 9.17) is 48.6 Å². The van der Waals surface area contributed by atoms with E-state index < -0.39 is 18.6 Å². The molecule has 0 aliphatic rings. The number of para-hydroxylation sites is 1. The van der Waals surface area contributed by atoms with Crippen LogP contribution in [0.1, 0.15) is 60.3 Å². The highest BCUT2D eigenvalue weighted by molar-refractivity contribution is 8.07. The third-order valence-corrected chi connectivity index (χ3v) is 8.72. The minimum Gasteiger partial charge on any atom is -0.421 e. The average Bonchev–Trinajstić information content (AvgIpc) is 3.12. The van der Waals surface area contributed by atoms with Crippen LogP contribution >= 0.6 is 29.9 Å². The van der Waals surface area contributed by atoms with E-state index in [9.17, 15) is 9.18 Å². The van der Waals surface area contributed by atoms with Crippen molar-refractivity contribution in [3.8, 4) is 5.75 Å². The highest BCUT2D eigenvalue weighted by Gasteiger charge is 2.23. The quantitative estimate of drug-likeness (QED) is 0.243. The molecule has 0 aliphatic heterocycles. The van der Waals surface area contributed by atoms with Gasteiger partial charge in [-0.15, -0.1) is 0 Å². The third-order valence-electron chi connectivity index (χ3n) is 5.74. The zero-order chi connectivity index (χ0) is 29.5. The van der Waals surface area contributed by atoms with Gasteiger partial charge in [-0.2, -0.15) is 9.49 Å². The van der Waals surface area contributed by atoms with Gasteiger partial charge in [0.1, 0.15) is 5.56 Å². The Balaban J connectivity index is 0.000000293. The number of aryl methyl sites for hydroxylation is 3. The number of benzene rings is 2. The second kappa shape index (κ2) is 14.6. The first-order chi connectivity index (χ1) is 18.2. The lowest BCUT2D eigenvalue weighted by atomic mass is 9.91. The Morgan fingerprint density at radius 3 is 2.18 bits per heavy atom. The van der Waals surface area contributed by atoms with Crippen LogP contribution in [0.4, 0.5) is 10.1 Å². The molecule has 1 aromatic heterocycles. The third kappa shape index (κ3) is 9.00. The molecule has 0 aliphatic carbocycles. The molecule has 0 spiro atoms. The fraction of sp³-hybridized carbons (Fsp3) is 0.407. The zero-order valence-electron chi connectivity index (χ0n) is 23.3. The zero-order valence-corrected chi connectivity index (χ0v) is 26.6. The molecule has 0 saturated carbocycles. The highest BCUT2D eigenvalue weighted by Crippen LogP contribution is 2.51. The Morgan fingerprint density at radius 2 is 1.69 bits per heavy atom. The normalized spacial score (nSPS) is 12.1. The lowest BCUT2D eigenvalue weighted by Gasteiger charge is -2.19. The number of carbonyl (C=O) groups excluding carboxylic acids is 1. The summed E-state index contributed by atoms with van der Waals surface area (Å²) >= 11 is 17.1. The van der Waals surface area contributed by atoms with Crippen molar-refractivity contribution in [2.24, 2.45) is 13.0 Å². The van der Waals surface area contributed by atoms with Gasteiger partial charge in [0.05, 0.1) is 15.7 Å². The molecule has 0 saturated heterocycles. The topological polar surface area (TPSA) is 74.6 Å². The van der Waals surface area contributed by atoms with Gasteiger partial charge in [0.15, 0.2) is 5.75 Å². The molecule has 3 rings (SSSR count). The maximum atomic E-state index is 14.0. The second-order valence-corrected chi connectivity index (χ2v) is 13.4. The monoisotopic (exact) mass is 617 g/mol. The lowest BCUT2D eigenvalue weighted by Crippen LogP contribution is -2.16. The van der Waals surface area contributed by atoms with Gasteiger partial charge in [0.2, 0.25) is 5.95 Å². The van der Waals surface area contributed by atoms with Gasteiger partial charge in [-0.05, 0) is 61.4 Å². The van der Waals surface area contributed by atoms with Crippen LogP contribution in [-0.2, 0) is 27.9 Å². The number of aromatic nitrogens is 2. The molecule has 0 fully saturated rings. The van der Waals surface area contributed by atoms with E-state index in [0.717, 1.165) is 27.9 Å². The summed E-state index contributed by atoms with van der Waals surface area (Å²) in [6.45, 7) is 7.19. The van der Waals surface area contributed by atoms with Crippen molar-refractivity contribution < 1.29 is 22.8 Å². The maximum Gasteiger partial charge on any atom is 0.380 e. The Bertz CT molecular complexity index is 1320. The fourth-order valence-corrected chi connectivity index (χ4v) is 5.71. The Kier molecular flexibility index (Phi) is 12.4. The van der Waals surface area contributed by atoms with Crippen LogP contribution in [0.3, 0.4) is 0 Å². The lowest BCUT2D eigenvalue weighted by molar-refractivity contribution is 0.102. The summed E-state index contributed by atoms with van der Waals surface area (Å²) in [4.78, 5) is 12.5. The van der Waals surface area contributed by atoms with E-state index in [1.807, 2.05) is 31.2 Å². The summed E-state index contributed by atoms with van der Waals surface area (Å²) < 4.78 is 30.6. The Hall–Kier alpha value is -2.00.